The molecule has 0 aliphatic carbocycles. The maximum atomic E-state index is 12.3. The first-order valence-corrected chi connectivity index (χ1v) is 9.44. The van der Waals surface area contributed by atoms with Crippen LogP contribution in [0.25, 0.3) is 22.8 Å². The molecule has 3 aromatic carbocycles. The second kappa shape index (κ2) is 8.61. The van der Waals surface area contributed by atoms with E-state index in [-0.39, 0.29) is 12.4 Å². The Morgan fingerprint density at radius 3 is 2.53 bits per heavy atom. The van der Waals surface area contributed by atoms with Gasteiger partial charge in [0.1, 0.15) is 11.5 Å². The highest BCUT2D eigenvalue weighted by Crippen LogP contribution is 2.26. The quantitative estimate of drug-likeness (QED) is 0.407. The number of rotatable bonds is 7. The summed E-state index contributed by atoms with van der Waals surface area (Å²) >= 11 is 0. The van der Waals surface area contributed by atoms with Gasteiger partial charge in [-0.3, -0.25) is 4.79 Å². The molecule has 1 heterocycles. The zero-order valence-corrected chi connectivity index (χ0v) is 16.7. The third kappa shape index (κ3) is 4.22. The van der Waals surface area contributed by atoms with Crippen molar-refractivity contribution in [3.05, 3.63) is 83.9 Å². The molecular formula is C24H20N2O4. The highest BCUT2D eigenvalue weighted by atomic mass is 16.5. The fourth-order valence-corrected chi connectivity index (χ4v) is 2.99. The molecule has 0 saturated carbocycles. The zero-order valence-electron chi connectivity index (χ0n) is 16.7. The lowest BCUT2D eigenvalue weighted by Gasteiger charge is -2.07. The molecule has 0 saturated heterocycles. The van der Waals surface area contributed by atoms with Crippen molar-refractivity contribution in [3.63, 3.8) is 0 Å². The number of hydrogen-bond acceptors (Lipinski definition) is 6. The number of benzene rings is 3. The van der Waals surface area contributed by atoms with Crippen molar-refractivity contribution in [1.82, 2.24) is 10.1 Å². The van der Waals surface area contributed by atoms with Crippen LogP contribution in [0, 0.1) is 6.92 Å². The summed E-state index contributed by atoms with van der Waals surface area (Å²) in [5.41, 5.74) is 3.32. The summed E-state index contributed by atoms with van der Waals surface area (Å²) in [5.74, 6) is 2.06. The summed E-state index contributed by atoms with van der Waals surface area (Å²) in [6, 6.07) is 22.1. The van der Waals surface area contributed by atoms with Crippen molar-refractivity contribution in [1.29, 1.82) is 0 Å². The van der Waals surface area contributed by atoms with Crippen molar-refractivity contribution in [2.45, 2.75) is 6.92 Å². The van der Waals surface area contributed by atoms with Gasteiger partial charge in [-0.15, -0.1) is 0 Å². The van der Waals surface area contributed by atoms with Crippen LogP contribution >= 0.6 is 0 Å². The summed E-state index contributed by atoms with van der Waals surface area (Å²) in [6.45, 7) is 1.93. The first kappa shape index (κ1) is 19.4. The van der Waals surface area contributed by atoms with Crippen LogP contribution in [0.3, 0.4) is 0 Å². The number of aromatic nitrogens is 2. The average molecular weight is 400 g/mol. The molecule has 0 aliphatic heterocycles. The Kier molecular flexibility index (Phi) is 5.57. The number of ketones is 1. The smallest absolute Gasteiger partial charge is 0.258 e. The van der Waals surface area contributed by atoms with Gasteiger partial charge in [0.2, 0.25) is 5.82 Å². The highest BCUT2D eigenvalue weighted by molar-refractivity contribution is 5.97. The van der Waals surface area contributed by atoms with Gasteiger partial charge in [-0.05, 0) is 55.0 Å². The van der Waals surface area contributed by atoms with E-state index in [0.717, 1.165) is 16.7 Å². The van der Waals surface area contributed by atoms with Gasteiger partial charge in [0.15, 0.2) is 12.4 Å². The topological polar surface area (TPSA) is 74.5 Å². The van der Waals surface area contributed by atoms with Crippen molar-refractivity contribution in [2.75, 3.05) is 13.7 Å². The summed E-state index contributed by atoms with van der Waals surface area (Å²) in [6.07, 6.45) is 0. The predicted molar refractivity (Wildman–Crippen MR) is 113 cm³/mol. The van der Waals surface area contributed by atoms with E-state index in [1.54, 1.807) is 43.5 Å². The third-order valence-electron chi connectivity index (χ3n) is 4.68. The molecule has 0 radical (unpaired) electrons. The molecule has 30 heavy (non-hydrogen) atoms. The van der Waals surface area contributed by atoms with E-state index in [2.05, 4.69) is 10.1 Å². The van der Waals surface area contributed by atoms with Crippen molar-refractivity contribution in [3.8, 4) is 34.3 Å². The average Bonchev–Trinajstić information content (AvgIpc) is 3.28. The van der Waals surface area contributed by atoms with E-state index >= 15 is 0 Å². The lowest BCUT2D eigenvalue weighted by atomic mass is 10.1. The second-order valence-electron chi connectivity index (χ2n) is 6.71. The Labute approximate surface area is 174 Å². The van der Waals surface area contributed by atoms with Gasteiger partial charge in [0.05, 0.1) is 7.11 Å². The number of methoxy groups -OCH3 is 1. The molecule has 4 aromatic rings. The minimum atomic E-state index is -0.126. The summed E-state index contributed by atoms with van der Waals surface area (Å²) in [4.78, 5) is 16.8. The number of aryl methyl sites for hydroxylation is 1. The number of Topliss-reactive ketones (excluding diaryl/α,β-unsaturated/α-hetero) is 1. The lowest BCUT2D eigenvalue weighted by Crippen LogP contribution is -2.11. The van der Waals surface area contributed by atoms with Crippen molar-refractivity contribution >= 4 is 5.78 Å². The SMILES string of the molecule is COc1cccc(C(=O)COc2ccc(-c3noc(-c4ccccc4C)n3)cc2)c1. The van der Waals surface area contributed by atoms with Gasteiger partial charge in [-0.2, -0.15) is 4.98 Å². The summed E-state index contributed by atoms with van der Waals surface area (Å²) < 4.78 is 16.2. The Morgan fingerprint density at radius 2 is 1.77 bits per heavy atom. The fourth-order valence-electron chi connectivity index (χ4n) is 2.99. The monoisotopic (exact) mass is 400 g/mol. The molecule has 0 atom stereocenters. The Hall–Kier alpha value is -3.93. The third-order valence-corrected chi connectivity index (χ3v) is 4.68. The fraction of sp³-hybridized carbons (Fsp3) is 0.125. The van der Waals surface area contributed by atoms with Crippen LogP contribution in [-0.2, 0) is 0 Å². The van der Waals surface area contributed by atoms with Gasteiger partial charge in [-0.1, -0.05) is 35.5 Å². The van der Waals surface area contributed by atoms with Crippen LogP contribution in [0.5, 0.6) is 11.5 Å². The molecule has 0 spiro atoms. The largest absolute Gasteiger partial charge is 0.497 e. The Morgan fingerprint density at radius 1 is 0.967 bits per heavy atom. The van der Waals surface area contributed by atoms with Gasteiger partial charge >= 0.3 is 0 Å². The maximum Gasteiger partial charge on any atom is 0.258 e. The predicted octanol–water partition coefficient (Wildman–Crippen LogP) is 4.98. The molecule has 4 rings (SSSR count). The Bertz CT molecular complexity index is 1170. The van der Waals surface area contributed by atoms with Gasteiger partial charge < -0.3 is 14.0 Å². The normalized spacial score (nSPS) is 10.6. The molecule has 0 N–H and O–H groups in total. The molecule has 150 valence electrons. The van der Waals surface area contributed by atoms with Crippen LogP contribution in [0.15, 0.2) is 77.3 Å². The van der Waals surface area contributed by atoms with E-state index in [0.29, 0.717) is 28.8 Å². The molecular weight excluding hydrogens is 380 g/mol. The van der Waals surface area contributed by atoms with E-state index < -0.39 is 0 Å². The first-order valence-electron chi connectivity index (χ1n) is 9.44. The standard InChI is InChI=1S/C24H20N2O4/c1-16-6-3-4-9-21(16)24-25-23(26-30-24)17-10-12-19(13-11-17)29-15-22(27)18-7-5-8-20(14-18)28-2/h3-14H,15H2,1-2H3. The molecule has 0 aliphatic rings. The van der Waals surface area contributed by atoms with E-state index in [4.69, 9.17) is 14.0 Å². The van der Waals surface area contributed by atoms with Crippen molar-refractivity contribution < 1.29 is 18.8 Å². The van der Waals surface area contributed by atoms with Crippen LogP contribution in [0.1, 0.15) is 15.9 Å². The summed E-state index contributed by atoms with van der Waals surface area (Å²) in [5, 5.41) is 4.07. The minimum absolute atomic E-state index is 0.0633. The lowest BCUT2D eigenvalue weighted by molar-refractivity contribution is 0.0921. The molecule has 6 nitrogen and oxygen atoms in total. The number of carbonyl (C=O) groups excluding carboxylic acids is 1. The van der Waals surface area contributed by atoms with Crippen molar-refractivity contribution in [2.24, 2.45) is 0 Å². The molecule has 0 unspecified atom stereocenters. The molecule has 1 aromatic heterocycles. The van der Waals surface area contributed by atoms with Gasteiger partial charge in [0, 0.05) is 16.7 Å². The Balaban J connectivity index is 1.42. The number of hydrogen-bond donors (Lipinski definition) is 0. The van der Waals surface area contributed by atoms with E-state index in [1.807, 2.05) is 43.3 Å². The van der Waals surface area contributed by atoms with Gasteiger partial charge in [0.25, 0.3) is 5.89 Å². The maximum absolute atomic E-state index is 12.3. The number of nitrogens with zero attached hydrogens (tertiary/aromatic N) is 2. The molecule has 0 fully saturated rings. The minimum Gasteiger partial charge on any atom is -0.497 e. The van der Waals surface area contributed by atoms with Crippen LogP contribution in [-0.4, -0.2) is 29.6 Å². The van der Waals surface area contributed by atoms with Crippen LogP contribution < -0.4 is 9.47 Å². The van der Waals surface area contributed by atoms with Gasteiger partial charge in [-0.25, -0.2) is 0 Å². The number of ether oxygens (including phenoxy) is 2. The molecule has 0 bridgehead atoms. The first-order chi connectivity index (χ1) is 14.6. The second-order valence-corrected chi connectivity index (χ2v) is 6.71. The summed E-state index contributed by atoms with van der Waals surface area (Å²) in [7, 11) is 1.56. The number of carbonyl (C=O) groups is 1. The van der Waals surface area contributed by atoms with Crippen LogP contribution in [0.2, 0.25) is 0 Å². The molecule has 0 amide bonds. The van der Waals surface area contributed by atoms with Crippen LogP contribution in [0.4, 0.5) is 0 Å². The highest BCUT2D eigenvalue weighted by Gasteiger charge is 2.13. The van der Waals surface area contributed by atoms with E-state index in [9.17, 15) is 4.79 Å². The zero-order chi connectivity index (χ0) is 20.9. The van der Waals surface area contributed by atoms with E-state index in [1.165, 1.54) is 0 Å². The molecule has 6 heteroatoms.